The number of halogens is 2. The highest BCUT2D eigenvalue weighted by Crippen LogP contribution is 2.26. The van der Waals surface area contributed by atoms with E-state index in [1.165, 1.54) is 29.1 Å². The zero-order valence-corrected chi connectivity index (χ0v) is 15.6. The van der Waals surface area contributed by atoms with Gasteiger partial charge in [-0.1, -0.05) is 23.7 Å². The molecule has 130 valence electrons. The SMILES string of the molecule is COc1ccc(-c2c[n+](Cc3ccc(Cl)cc3)c3n2CCC3)cc1.[Cl-]. The molecule has 0 fully saturated rings. The van der Waals surface area contributed by atoms with Crippen molar-refractivity contribution in [1.82, 2.24) is 4.57 Å². The van der Waals surface area contributed by atoms with Gasteiger partial charge in [-0.05, 0) is 48.4 Å². The maximum absolute atomic E-state index is 6.00. The van der Waals surface area contributed by atoms with Gasteiger partial charge in [0.05, 0.1) is 20.1 Å². The second kappa shape index (κ2) is 7.51. The van der Waals surface area contributed by atoms with Gasteiger partial charge in [-0.25, -0.2) is 9.13 Å². The van der Waals surface area contributed by atoms with Gasteiger partial charge in [0.15, 0.2) is 5.69 Å². The van der Waals surface area contributed by atoms with Gasteiger partial charge in [0.25, 0.3) is 5.82 Å². The lowest BCUT2D eigenvalue weighted by atomic mass is 10.1. The zero-order valence-electron chi connectivity index (χ0n) is 14.1. The summed E-state index contributed by atoms with van der Waals surface area (Å²) < 4.78 is 10.1. The van der Waals surface area contributed by atoms with Crippen molar-refractivity contribution < 1.29 is 21.7 Å². The zero-order chi connectivity index (χ0) is 16.5. The second-order valence-corrected chi connectivity index (χ2v) is 6.61. The Labute approximate surface area is 159 Å². The van der Waals surface area contributed by atoms with Crippen LogP contribution in [0.1, 0.15) is 17.8 Å². The largest absolute Gasteiger partial charge is 1.00 e. The monoisotopic (exact) mass is 374 g/mol. The number of hydrogen-bond donors (Lipinski definition) is 0. The van der Waals surface area contributed by atoms with E-state index >= 15 is 0 Å². The predicted octanol–water partition coefficient (Wildman–Crippen LogP) is 1.10. The van der Waals surface area contributed by atoms with Crippen LogP contribution in [0.5, 0.6) is 5.75 Å². The minimum Gasteiger partial charge on any atom is -1.00 e. The van der Waals surface area contributed by atoms with Crippen molar-refractivity contribution in [3.05, 3.63) is 71.1 Å². The molecule has 0 saturated heterocycles. The van der Waals surface area contributed by atoms with Crippen LogP contribution in [0.4, 0.5) is 0 Å². The Morgan fingerprint density at radius 1 is 1.08 bits per heavy atom. The molecule has 0 N–H and O–H groups in total. The van der Waals surface area contributed by atoms with E-state index in [1.54, 1.807) is 7.11 Å². The lowest BCUT2D eigenvalue weighted by Gasteiger charge is -2.01. The number of imidazole rings is 1. The van der Waals surface area contributed by atoms with E-state index in [9.17, 15) is 0 Å². The van der Waals surface area contributed by atoms with Crippen LogP contribution in [0, 0.1) is 0 Å². The van der Waals surface area contributed by atoms with Crippen molar-refractivity contribution in [3.63, 3.8) is 0 Å². The molecule has 2 aromatic carbocycles. The van der Waals surface area contributed by atoms with Crippen LogP contribution >= 0.6 is 11.6 Å². The molecule has 0 bridgehead atoms. The first-order valence-corrected chi connectivity index (χ1v) is 8.63. The third-order valence-corrected chi connectivity index (χ3v) is 4.90. The number of benzene rings is 2. The fourth-order valence-corrected chi connectivity index (χ4v) is 3.55. The molecule has 1 aliphatic heterocycles. The molecule has 3 aromatic rings. The molecule has 3 nitrogen and oxygen atoms in total. The molecule has 0 saturated carbocycles. The lowest BCUT2D eigenvalue weighted by molar-refractivity contribution is -0.694. The van der Waals surface area contributed by atoms with Crippen LogP contribution in [-0.2, 0) is 19.5 Å². The minimum atomic E-state index is 0. The van der Waals surface area contributed by atoms with E-state index in [4.69, 9.17) is 16.3 Å². The number of ether oxygens (including phenoxy) is 1. The van der Waals surface area contributed by atoms with Crippen LogP contribution in [0.3, 0.4) is 0 Å². The van der Waals surface area contributed by atoms with Crippen molar-refractivity contribution >= 4 is 11.6 Å². The first kappa shape index (κ1) is 17.8. The first-order chi connectivity index (χ1) is 11.7. The van der Waals surface area contributed by atoms with Gasteiger partial charge in [0.2, 0.25) is 0 Å². The van der Waals surface area contributed by atoms with Crippen molar-refractivity contribution in [2.45, 2.75) is 25.9 Å². The molecule has 0 spiro atoms. The van der Waals surface area contributed by atoms with Gasteiger partial charge >= 0.3 is 0 Å². The Kier molecular flexibility index (Phi) is 5.36. The smallest absolute Gasteiger partial charge is 0.257 e. The van der Waals surface area contributed by atoms with Crippen LogP contribution in [0.25, 0.3) is 11.3 Å². The fourth-order valence-electron chi connectivity index (χ4n) is 3.42. The summed E-state index contributed by atoms with van der Waals surface area (Å²) in [5.74, 6) is 2.29. The Hall–Kier alpha value is -1.97. The lowest BCUT2D eigenvalue weighted by Crippen LogP contribution is -3.00. The molecule has 25 heavy (non-hydrogen) atoms. The van der Waals surface area contributed by atoms with Gasteiger partial charge < -0.3 is 17.1 Å². The van der Waals surface area contributed by atoms with Crippen molar-refractivity contribution in [1.29, 1.82) is 0 Å². The van der Waals surface area contributed by atoms with E-state index in [1.807, 2.05) is 24.3 Å². The van der Waals surface area contributed by atoms with Crippen LogP contribution in [0.15, 0.2) is 54.7 Å². The molecule has 0 amide bonds. The topological polar surface area (TPSA) is 18.0 Å². The predicted molar refractivity (Wildman–Crippen MR) is 95.5 cm³/mol. The standard InChI is InChI=1S/C20H20ClN2O.ClH/c1-24-18-10-6-16(7-11-18)19-14-22(20-3-2-12-23(19)20)13-15-4-8-17(21)9-5-15;/h4-11,14H,2-3,12-13H2,1H3;1H/q+1;/p-1. The third-order valence-electron chi connectivity index (χ3n) is 4.65. The molecular weight excluding hydrogens is 355 g/mol. The molecule has 0 unspecified atom stereocenters. The molecule has 0 atom stereocenters. The Bertz CT molecular complexity index is 855. The second-order valence-electron chi connectivity index (χ2n) is 6.17. The molecular formula is C20H20Cl2N2O. The summed E-state index contributed by atoms with van der Waals surface area (Å²) >= 11 is 6.00. The van der Waals surface area contributed by atoms with Gasteiger partial charge in [-0.15, -0.1) is 0 Å². The van der Waals surface area contributed by atoms with Crippen molar-refractivity contribution in [2.24, 2.45) is 0 Å². The third kappa shape index (κ3) is 3.53. The van der Waals surface area contributed by atoms with E-state index in [-0.39, 0.29) is 12.4 Å². The molecule has 1 aliphatic rings. The van der Waals surface area contributed by atoms with Crippen molar-refractivity contribution in [3.8, 4) is 17.0 Å². The maximum atomic E-state index is 6.00. The summed E-state index contributed by atoms with van der Waals surface area (Å²) in [6, 6.07) is 16.4. The summed E-state index contributed by atoms with van der Waals surface area (Å²) in [7, 11) is 1.70. The quantitative estimate of drug-likeness (QED) is 0.625. The summed E-state index contributed by atoms with van der Waals surface area (Å²) in [5, 5.41) is 0.782. The Balaban J connectivity index is 0.00000182. The fraction of sp³-hybridized carbons (Fsp3) is 0.250. The highest BCUT2D eigenvalue weighted by Gasteiger charge is 2.28. The van der Waals surface area contributed by atoms with Crippen LogP contribution in [-0.4, -0.2) is 11.7 Å². The molecule has 2 heterocycles. The number of fused-ring (bicyclic) bond motifs is 1. The van der Waals surface area contributed by atoms with Crippen molar-refractivity contribution in [2.75, 3.05) is 7.11 Å². The van der Waals surface area contributed by atoms with Gasteiger partial charge in [-0.2, -0.15) is 0 Å². The molecule has 5 heteroatoms. The normalized spacial score (nSPS) is 12.6. The number of nitrogens with zero attached hydrogens (tertiary/aromatic N) is 2. The van der Waals surface area contributed by atoms with E-state index in [0.717, 1.165) is 30.3 Å². The summed E-state index contributed by atoms with van der Waals surface area (Å²) in [6.07, 6.45) is 4.61. The summed E-state index contributed by atoms with van der Waals surface area (Å²) in [6.45, 7) is 1.97. The molecule has 1 aromatic heterocycles. The van der Waals surface area contributed by atoms with E-state index in [2.05, 4.69) is 39.6 Å². The maximum Gasteiger partial charge on any atom is 0.257 e. The van der Waals surface area contributed by atoms with Gasteiger partial charge in [-0.3, -0.25) is 0 Å². The molecule has 0 aliphatic carbocycles. The number of aromatic nitrogens is 2. The highest BCUT2D eigenvalue weighted by atomic mass is 35.5. The van der Waals surface area contributed by atoms with Crippen LogP contribution < -0.4 is 21.7 Å². The number of rotatable bonds is 4. The number of methoxy groups -OCH3 is 1. The summed E-state index contributed by atoms with van der Waals surface area (Å²) in [4.78, 5) is 0. The minimum absolute atomic E-state index is 0. The van der Waals surface area contributed by atoms with Gasteiger partial charge in [0, 0.05) is 10.6 Å². The van der Waals surface area contributed by atoms with E-state index < -0.39 is 0 Å². The average Bonchev–Trinajstić information content (AvgIpc) is 3.21. The Morgan fingerprint density at radius 3 is 2.48 bits per heavy atom. The highest BCUT2D eigenvalue weighted by molar-refractivity contribution is 6.30. The molecule has 0 radical (unpaired) electrons. The number of hydrogen-bond acceptors (Lipinski definition) is 1. The van der Waals surface area contributed by atoms with Gasteiger partial charge in [0.1, 0.15) is 18.5 Å². The average molecular weight is 375 g/mol. The molecule has 4 rings (SSSR count). The summed E-state index contributed by atoms with van der Waals surface area (Å²) in [5.41, 5.74) is 3.78. The van der Waals surface area contributed by atoms with E-state index in [0.29, 0.717) is 0 Å². The Morgan fingerprint density at radius 2 is 1.80 bits per heavy atom. The van der Waals surface area contributed by atoms with Crippen LogP contribution in [0.2, 0.25) is 5.02 Å². The first-order valence-electron chi connectivity index (χ1n) is 8.25.